The van der Waals surface area contributed by atoms with Gasteiger partial charge >= 0.3 is 18.3 Å². The van der Waals surface area contributed by atoms with E-state index in [0.717, 1.165) is 55.3 Å². The third kappa shape index (κ3) is 12.8. The van der Waals surface area contributed by atoms with Gasteiger partial charge in [0.25, 0.3) is 0 Å². The van der Waals surface area contributed by atoms with Crippen LogP contribution in [0, 0.1) is 46.3 Å². The van der Waals surface area contributed by atoms with Crippen molar-refractivity contribution in [3.8, 4) is 0 Å². The Hall–Kier alpha value is -2.45. The van der Waals surface area contributed by atoms with Crippen molar-refractivity contribution in [2.45, 2.75) is 216 Å². The Bertz CT molecular complexity index is 1380. The molecule has 1 unspecified atom stereocenters. The lowest BCUT2D eigenvalue weighted by Crippen LogP contribution is -2.51. The van der Waals surface area contributed by atoms with E-state index in [-0.39, 0.29) is 17.6 Å². The molecule has 0 aliphatic heterocycles. The summed E-state index contributed by atoms with van der Waals surface area (Å²) in [7, 11) is 0. The first-order valence-electron chi connectivity index (χ1n) is 22.8. The third-order valence-corrected chi connectivity index (χ3v) is 14.5. The van der Waals surface area contributed by atoms with Crippen molar-refractivity contribution >= 4 is 18.3 Å². The van der Waals surface area contributed by atoms with E-state index in [1.165, 1.54) is 50.5 Å². The minimum Gasteiger partial charge on any atom is -0.446 e. The summed E-state index contributed by atoms with van der Waals surface area (Å²) in [6.45, 7) is 32.0. The Balaban J connectivity index is 1.42. The lowest BCUT2D eigenvalue weighted by Gasteiger charge is -2.58. The minimum atomic E-state index is -0.636. The van der Waals surface area contributed by atoms with Crippen molar-refractivity contribution in [2.24, 2.45) is 46.3 Å². The molecule has 0 radical (unpaired) electrons. The van der Waals surface area contributed by atoms with Gasteiger partial charge in [0.2, 0.25) is 0 Å². The second kappa shape index (κ2) is 18.0. The van der Waals surface area contributed by atoms with Crippen LogP contribution in [-0.4, -0.2) is 64.7 Å². The zero-order valence-corrected chi connectivity index (χ0v) is 39.1. The van der Waals surface area contributed by atoms with Gasteiger partial charge in [-0.25, -0.2) is 14.4 Å². The standard InChI is InChI=1S/C48H85N3O6/c1-32(2)17-16-18-33(3)37-21-22-38-36-20-19-34-31-35(23-25-47(34,14)39(36)24-26-48(37,38)15)55-42(54)51(29-27-45(10,11)49-40(52)56-43(4,5)6)30-28-46(12,13)50-41(53)57-44(7,8)9/h19,32-33,35-39H,16-18,20-31H2,1-15H3,(H,49,52)(H,50,53)/t33?,35-,36-,37+,38-,39-,47-,48+/m0/s1. The van der Waals surface area contributed by atoms with Gasteiger partial charge in [0.05, 0.1) is 0 Å². The first kappa shape index (κ1) is 47.2. The highest BCUT2D eigenvalue weighted by molar-refractivity contribution is 5.70. The average molecular weight is 800 g/mol. The molecular weight excluding hydrogens is 715 g/mol. The highest BCUT2D eigenvalue weighted by Gasteiger charge is 2.59. The highest BCUT2D eigenvalue weighted by Crippen LogP contribution is 2.67. The molecule has 4 rings (SSSR count). The number of alkyl carbamates (subject to hydrolysis) is 2. The molecule has 8 atom stereocenters. The summed E-state index contributed by atoms with van der Waals surface area (Å²) in [5.74, 6) is 4.73. The van der Waals surface area contributed by atoms with Crippen LogP contribution in [-0.2, 0) is 14.2 Å². The first-order valence-corrected chi connectivity index (χ1v) is 22.8. The monoisotopic (exact) mass is 800 g/mol. The van der Waals surface area contributed by atoms with Gasteiger partial charge < -0.3 is 29.7 Å². The van der Waals surface area contributed by atoms with E-state index in [9.17, 15) is 14.4 Å². The van der Waals surface area contributed by atoms with Crippen LogP contribution in [0.5, 0.6) is 0 Å². The predicted octanol–water partition coefficient (Wildman–Crippen LogP) is 12.2. The lowest BCUT2D eigenvalue weighted by atomic mass is 9.47. The van der Waals surface area contributed by atoms with E-state index < -0.39 is 34.5 Å². The largest absolute Gasteiger partial charge is 0.446 e. The number of hydrogen-bond donors (Lipinski definition) is 2. The van der Waals surface area contributed by atoms with Crippen LogP contribution >= 0.6 is 0 Å². The number of carbonyl (C=O) groups is 3. The highest BCUT2D eigenvalue weighted by atomic mass is 16.6. The van der Waals surface area contributed by atoms with Crippen LogP contribution in [0.25, 0.3) is 0 Å². The fourth-order valence-electron chi connectivity index (χ4n) is 11.4. The van der Waals surface area contributed by atoms with Crippen molar-refractivity contribution in [2.75, 3.05) is 13.1 Å². The number of nitrogens with one attached hydrogen (secondary N) is 2. The van der Waals surface area contributed by atoms with E-state index in [1.807, 2.05) is 69.2 Å². The Morgan fingerprint density at radius 3 is 1.86 bits per heavy atom. The van der Waals surface area contributed by atoms with Crippen LogP contribution in [0.4, 0.5) is 14.4 Å². The summed E-state index contributed by atoms with van der Waals surface area (Å²) < 4.78 is 17.4. The number of hydrogen-bond acceptors (Lipinski definition) is 6. The summed E-state index contributed by atoms with van der Waals surface area (Å²) >= 11 is 0. The molecule has 0 spiro atoms. The number of fused-ring (bicyclic) bond motifs is 5. The average Bonchev–Trinajstić information content (AvgIpc) is 3.39. The third-order valence-electron chi connectivity index (χ3n) is 14.5. The molecule has 0 aromatic rings. The topological polar surface area (TPSA) is 106 Å². The first-order chi connectivity index (χ1) is 26.1. The Labute approximate surface area is 348 Å². The van der Waals surface area contributed by atoms with Crippen molar-refractivity contribution in [3.63, 3.8) is 0 Å². The van der Waals surface area contributed by atoms with Crippen LogP contribution in [0.15, 0.2) is 11.6 Å². The van der Waals surface area contributed by atoms with E-state index in [4.69, 9.17) is 14.2 Å². The molecule has 328 valence electrons. The molecule has 0 heterocycles. The fourth-order valence-corrected chi connectivity index (χ4v) is 11.4. The summed E-state index contributed by atoms with van der Waals surface area (Å²) in [6.07, 6.45) is 15.5. The molecule has 2 N–H and O–H groups in total. The molecule has 3 saturated carbocycles. The van der Waals surface area contributed by atoms with Crippen LogP contribution in [0.1, 0.15) is 187 Å². The molecule has 3 amide bonds. The van der Waals surface area contributed by atoms with Crippen LogP contribution in [0.3, 0.4) is 0 Å². The van der Waals surface area contributed by atoms with Crippen molar-refractivity contribution in [1.82, 2.24) is 15.5 Å². The van der Waals surface area contributed by atoms with Gasteiger partial charge in [-0.1, -0.05) is 65.5 Å². The number of rotatable bonds is 14. The zero-order valence-electron chi connectivity index (χ0n) is 39.1. The smallest absolute Gasteiger partial charge is 0.410 e. The quantitative estimate of drug-likeness (QED) is 0.134. The molecule has 0 saturated heterocycles. The van der Waals surface area contributed by atoms with Gasteiger partial charge in [-0.3, -0.25) is 0 Å². The molecule has 57 heavy (non-hydrogen) atoms. The fraction of sp³-hybridized carbons (Fsp3) is 0.896. The summed E-state index contributed by atoms with van der Waals surface area (Å²) in [5.41, 5.74) is -0.367. The molecule has 4 aliphatic rings. The van der Waals surface area contributed by atoms with Crippen LogP contribution in [0.2, 0.25) is 0 Å². The summed E-state index contributed by atoms with van der Waals surface area (Å²) in [4.78, 5) is 41.2. The molecule has 4 aliphatic carbocycles. The van der Waals surface area contributed by atoms with Gasteiger partial charge in [0.1, 0.15) is 17.3 Å². The maximum atomic E-state index is 14.1. The SMILES string of the molecule is CC(C)CCCC(C)[C@H]1CC[C@H]2[C@@H]3CC=C4C[C@@H](OC(=O)N(CCC(C)(C)NC(=O)OC(C)(C)C)CCC(C)(C)NC(=O)OC(C)(C)C)CC[C@]4(C)[C@H]3CC[C@]12C. The maximum absolute atomic E-state index is 14.1. The second-order valence-corrected chi connectivity index (χ2v) is 23.0. The van der Waals surface area contributed by atoms with Crippen molar-refractivity contribution < 1.29 is 28.6 Å². The summed E-state index contributed by atoms with van der Waals surface area (Å²) in [6, 6.07) is 0. The van der Waals surface area contributed by atoms with Gasteiger partial charge in [-0.05, 0) is 173 Å². The molecular formula is C48H85N3O6. The number of allylic oxidation sites excluding steroid dienone is 1. The minimum absolute atomic E-state index is 0.169. The van der Waals surface area contributed by atoms with E-state index in [0.29, 0.717) is 37.3 Å². The Morgan fingerprint density at radius 2 is 1.33 bits per heavy atom. The molecule has 0 aromatic heterocycles. The van der Waals surface area contributed by atoms with Crippen LogP contribution < -0.4 is 10.6 Å². The Morgan fingerprint density at radius 1 is 0.772 bits per heavy atom. The number of amides is 3. The van der Waals surface area contributed by atoms with E-state index >= 15 is 0 Å². The lowest BCUT2D eigenvalue weighted by molar-refractivity contribution is -0.0594. The van der Waals surface area contributed by atoms with E-state index in [1.54, 1.807) is 4.90 Å². The zero-order chi connectivity index (χ0) is 42.8. The predicted molar refractivity (Wildman–Crippen MR) is 231 cm³/mol. The van der Waals surface area contributed by atoms with Gasteiger partial charge in [-0.2, -0.15) is 0 Å². The number of nitrogens with zero attached hydrogens (tertiary/aromatic N) is 1. The normalized spacial score (nSPS) is 29.6. The number of carbonyl (C=O) groups excluding carboxylic acids is 3. The summed E-state index contributed by atoms with van der Waals surface area (Å²) in [5, 5.41) is 5.96. The molecule has 0 aromatic carbocycles. The molecule has 3 fully saturated rings. The second-order valence-electron chi connectivity index (χ2n) is 23.0. The molecule has 9 heteroatoms. The van der Waals surface area contributed by atoms with Gasteiger partial charge in [0.15, 0.2) is 0 Å². The maximum Gasteiger partial charge on any atom is 0.410 e. The number of ether oxygens (including phenoxy) is 3. The van der Waals surface area contributed by atoms with Gasteiger partial charge in [-0.15, -0.1) is 0 Å². The van der Waals surface area contributed by atoms with Crippen molar-refractivity contribution in [3.05, 3.63) is 11.6 Å². The molecule has 9 nitrogen and oxygen atoms in total. The van der Waals surface area contributed by atoms with Crippen molar-refractivity contribution in [1.29, 1.82) is 0 Å². The Kier molecular flexibility index (Phi) is 14.9. The van der Waals surface area contributed by atoms with E-state index in [2.05, 4.69) is 51.3 Å². The van der Waals surface area contributed by atoms with Gasteiger partial charge in [0, 0.05) is 30.6 Å². The molecule has 0 bridgehead atoms.